The Morgan fingerprint density at radius 2 is 1.82 bits per heavy atom. The van der Waals surface area contributed by atoms with E-state index in [-0.39, 0.29) is 5.43 Å². The summed E-state index contributed by atoms with van der Waals surface area (Å²) in [6.45, 7) is 3.91. The predicted octanol–water partition coefficient (Wildman–Crippen LogP) is 4.84. The van der Waals surface area contributed by atoms with Gasteiger partial charge in [0.15, 0.2) is 0 Å². The Bertz CT molecular complexity index is 1380. The number of methoxy groups -OCH3 is 1. The summed E-state index contributed by atoms with van der Waals surface area (Å²) in [7, 11) is 3.56. The van der Waals surface area contributed by atoms with Gasteiger partial charge in [0.25, 0.3) is 0 Å². The normalized spacial score (nSPS) is 15.0. The van der Waals surface area contributed by atoms with Crippen molar-refractivity contribution in [1.29, 1.82) is 0 Å². The van der Waals surface area contributed by atoms with E-state index in [9.17, 15) is 4.79 Å². The van der Waals surface area contributed by atoms with Gasteiger partial charge in [0.05, 0.1) is 23.5 Å². The average Bonchev–Trinajstić information content (AvgIpc) is 2.68. The first-order valence-electron chi connectivity index (χ1n) is 9.26. The first kappa shape index (κ1) is 16.9. The molecule has 0 fully saturated rings. The zero-order chi connectivity index (χ0) is 19.6. The standard InChI is InChI=1S/C24H20NO3/c1-24(2)10-9-16-19(28-24)13-20(27-4)21-22(16)25(3)18-12-15-8-6-5-7-14(15)11-17(18)23(21)26/h5-9,11-13H,1-4H3. The van der Waals surface area contributed by atoms with Crippen LogP contribution in [-0.4, -0.2) is 17.3 Å². The third-order valence-electron chi connectivity index (χ3n) is 5.45. The van der Waals surface area contributed by atoms with E-state index in [4.69, 9.17) is 9.47 Å². The van der Waals surface area contributed by atoms with Crippen molar-refractivity contribution in [3.63, 3.8) is 0 Å². The molecule has 2 heterocycles. The number of aromatic nitrogens is 1. The van der Waals surface area contributed by atoms with Crippen LogP contribution in [0.4, 0.5) is 0 Å². The maximum Gasteiger partial charge on any atom is 0.201 e. The van der Waals surface area contributed by atoms with Crippen LogP contribution < -0.4 is 14.9 Å². The number of rotatable bonds is 1. The van der Waals surface area contributed by atoms with Crippen LogP contribution in [0.15, 0.2) is 47.3 Å². The van der Waals surface area contributed by atoms with Gasteiger partial charge in [-0.3, -0.25) is 4.79 Å². The van der Waals surface area contributed by atoms with Crippen LogP contribution >= 0.6 is 0 Å². The van der Waals surface area contributed by atoms with E-state index in [1.807, 2.05) is 57.3 Å². The molecule has 1 aliphatic rings. The Morgan fingerprint density at radius 3 is 2.54 bits per heavy atom. The van der Waals surface area contributed by atoms with Crippen molar-refractivity contribution in [3.05, 3.63) is 64.3 Å². The third-order valence-corrected chi connectivity index (χ3v) is 5.45. The molecule has 1 aromatic heterocycles. The number of aryl methyl sites for hydroxylation is 1. The Labute approximate surface area is 162 Å². The zero-order valence-corrected chi connectivity index (χ0v) is 16.3. The molecule has 0 N–H and O–H groups in total. The van der Waals surface area contributed by atoms with Gasteiger partial charge >= 0.3 is 0 Å². The largest absolute Gasteiger partial charge is 0.496 e. The Morgan fingerprint density at radius 1 is 1.11 bits per heavy atom. The molecule has 0 aliphatic carbocycles. The molecule has 0 spiro atoms. The molecule has 28 heavy (non-hydrogen) atoms. The molecular formula is C24H20NO3. The van der Waals surface area contributed by atoms with Crippen molar-refractivity contribution in [2.24, 2.45) is 7.05 Å². The lowest BCUT2D eigenvalue weighted by molar-refractivity contribution is 0.151. The predicted molar refractivity (Wildman–Crippen MR) is 113 cm³/mol. The average molecular weight is 370 g/mol. The molecule has 4 nitrogen and oxygen atoms in total. The van der Waals surface area contributed by atoms with Crippen LogP contribution in [0.3, 0.4) is 0 Å². The Balaban J connectivity index is 2.02. The highest BCUT2D eigenvalue weighted by atomic mass is 16.5. The first-order chi connectivity index (χ1) is 13.4. The Kier molecular flexibility index (Phi) is 3.38. The molecular weight excluding hydrogens is 350 g/mol. The fourth-order valence-electron chi connectivity index (χ4n) is 4.08. The zero-order valence-electron chi connectivity index (χ0n) is 16.3. The van der Waals surface area contributed by atoms with E-state index in [1.54, 1.807) is 7.11 Å². The minimum atomic E-state index is -0.530. The molecule has 0 amide bonds. The highest BCUT2D eigenvalue weighted by Crippen LogP contribution is 2.40. The van der Waals surface area contributed by atoms with Crippen molar-refractivity contribution >= 4 is 38.7 Å². The van der Waals surface area contributed by atoms with Crippen molar-refractivity contribution in [2.45, 2.75) is 19.4 Å². The second-order valence-corrected chi connectivity index (χ2v) is 7.72. The number of nitrogens with zero attached hydrogens (tertiary/aromatic N) is 1. The number of fused-ring (bicyclic) bond motifs is 5. The van der Waals surface area contributed by atoms with E-state index in [0.29, 0.717) is 22.3 Å². The molecule has 0 bridgehead atoms. The van der Waals surface area contributed by atoms with Gasteiger partial charge in [-0.25, -0.2) is 0 Å². The van der Waals surface area contributed by atoms with Crippen molar-refractivity contribution < 1.29 is 9.47 Å². The lowest BCUT2D eigenvalue weighted by Gasteiger charge is -2.29. The smallest absolute Gasteiger partial charge is 0.201 e. The SMILES string of the molecule is COc1cc2c(c3c1c(=O)c1cc4ccccc4cc1n3C)C=[C]C(C)(C)O2. The summed E-state index contributed by atoms with van der Waals surface area (Å²) in [6.07, 6.45) is 5.19. The molecule has 1 radical (unpaired) electrons. The summed E-state index contributed by atoms with van der Waals surface area (Å²) in [5, 5.41) is 3.38. The van der Waals surface area contributed by atoms with Gasteiger partial charge in [0.1, 0.15) is 17.1 Å². The molecule has 139 valence electrons. The van der Waals surface area contributed by atoms with E-state index >= 15 is 0 Å². The fourth-order valence-corrected chi connectivity index (χ4v) is 4.08. The van der Waals surface area contributed by atoms with Crippen LogP contribution in [0.5, 0.6) is 11.5 Å². The fraction of sp³-hybridized carbons (Fsp3) is 0.208. The van der Waals surface area contributed by atoms with E-state index in [0.717, 1.165) is 27.4 Å². The van der Waals surface area contributed by atoms with E-state index in [2.05, 4.69) is 22.8 Å². The summed E-state index contributed by atoms with van der Waals surface area (Å²) in [5.41, 5.74) is 1.96. The summed E-state index contributed by atoms with van der Waals surface area (Å²) in [4.78, 5) is 13.5. The molecule has 0 unspecified atom stereocenters. The minimum Gasteiger partial charge on any atom is -0.496 e. The maximum atomic E-state index is 13.5. The van der Waals surface area contributed by atoms with Gasteiger partial charge in [0, 0.05) is 30.1 Å². The molecule has 0 saturated carbocycles. The summed E-state index contributed by atoms with van der Waals surface area (Å²) in [5.74, 6) is 1.22. The monoisotopic (exact) mass is 370 g/mol. The molecule has 1 aliphatic heterocycles. The number of ether oxygens (including phenoxy) is 2. The van der Waals surface area contributed by atoms with E-state index in [1.165, 1.54) is 0 Å². The molecule has 4 aromatic rings. The minimum absolute atomic E-state index is 0.0354. The van der Waals surface area contributed by atoms with E-state index < -0.39 is 5.60 Å². The highest BCUT2D eigenvalue weighted by Gasteiger charge is 2.27. The lowest BCUT2D eigenvalue weighted by Crippen LogP contribution is -2.28. The summed E-state index contributed by atoms with van der Waals surface area (Å²) >= 11 is 0. The quantitative estimate of drug-likeness (QED) is 0.450. The van der Waals surface area contributed by atoms with Crippen LogP contribution in [0, 0.1) is 6.08 Å². The van der Waals surface area contributed by atoms with Gasteiger partial charge in [0.2, 0.25) is 5.43 Å². The lowest BCUT2D eigenvalue weighted by atomic mass is 9.97. The number of pyridine rings is 1. The first-order valence-corrected chi connectivity index (χ1v) is 9.26. The topological polar surface area (TPSA) is 40.5 Å². The molecule has 0 atom stereocenters. The number of hydrogen-bond acceptors (Lipinski definition) is 3. The molecule has 3 aromatic carbocycles. The van der Waals surface area contributed by atoms with Gasteiger partial charge in [-0.05, 0) is 42.8 Å². The van der Waals surface area contributed by atoms with Gasteiger partial charge in [-0.2, -0.15) is 0 Å². The summed E-state index contributed by atoms with van der Waals surface area (Å²) in [6, 6.07) is 13.9. The van der Waals surface area contributed by atoms with Crippen molar-refractivity contribution in [2.75, 3.05) is 7.11 Å². The van der Waals surface area contributed by atoms with Gasteiger partial charge < -0.3 is 14.0 Å². The third kappa shape index (κ3) is 2.27. The second-order valence-electron chi connectivity index (χ2n) is 7.72. The van der Waals surface area contributed by atoms with Crippen LogP contribution in [-0.2, 0) is 7.05 Å². The van der Waals surface area contributed by atoms with Crippen LogP contribution in [0.1, 0.15) is 19.4 Å². The maximum absolute atomic E-state index is 13.5. The summed E-state index contributed by atoms with van der Waals surface area (Å²) < 4.78 is 13.8. The van der Waals surface area contributed by atoms with Crippen LogP contribution in [0.25, 0.3) is 38.7 Å². The van der Waals surface area contributed by atoms with Crippen LogP contribution in [0.2, 0.25) is 0 Å². The van der Waals surface area contributed by atoms with Gasteiger partial charge in [-0.1, -0.05) is 24.3 Å². The molecule has 0 saturated heterocycles. The van der Waals surface area contributed by atoms with Gasteiger partial charge in [-0.15, -0.1) is 0 Å². The Hall–Kier alpha value is -3.27. The molecule has 5 rings (SSSR count). The highest BCUT2D eigenvalue weighted by molar-refractivity contribution is 6.05. The second kappa shape index (κ2) is 5.61. The molecule has 4 heteroatoms. The number of hydrogen-bond donors (Lipinski definition) is 0. The van der Waals surface area contributed by atoms with Crippen molar-refractivity contribution in [3.8, 4) is 11.5 Å². The van der Waals surface area contributed by atoms with Crippen molar-refractivity contribution in [1.82, 2.24) is 4.57 Å². The number of benzene rings is 3.